The van der Waals surface area contributed by atoms with Gasteiger partial charge in [-0.2, -0.15) is 5.10 Å². The lowest BCUT2D eigenvalue weighted by molar-refractivity contribution is -0.148. The number of hydrogen-bond acceptors (Lipinski definition) is 4. The maximum absolute atomic E-state index is 14.6. The average molecular weight is 540 g/mol. The van der Waals surface area contributed by atoms with Gasteiger partial charge in [-0.25, -0.2) is 9.18 Å². The number of aromatic nitrogens is 2. The maximum Gasteiger partial charge on any atom is 0.408 e. The molecule has 0 unspecified atom stereocenters. The van der Waals surface area contributed by atoms with Crippen molar-refractivity contribution in [3.8, 4) is 0 Å². The van der Waals surface area contributed by atoms with Crippen LogP contribution in [0.15, 0.2) is 36.5 Å². The van der Waals surface area contributed by atoms with Crippen molar-refractivity contribution in [3.05, 3.63) is 53.6 Å². The molecule has 2 aliphatic heterocycles. The fourth-order valence-corrected chi connectivity index (χ4v) is 6.90. The standard InChI is InChI=1S/C30H42FN5O3/c1-30(2,3)36(29(38)39)27(22-8-5-4-6-9-22)28(37)35-19-24-10-7-16-33(24)20-26(35)25-15-17-34(32-25)18-21-11-13-23(31)14-12-21/h11-15,17,22,24,26-27H,4-10,16,18-20H2,1-3H3,(H,38,39)/t24-,26+,27+/m1/s1. The van der Waals surface area contributed by atoms with Gasteiger partial charge in [-0.1, -0.05) is 31.4 Å². The number of fused-ring (bicyclic) bond motifs is 1. The van der Waals surface area contributed by atoms with Gasteiger partial charge in [-0.3, -0.25) is 19.3 Å². The minimum Gasteiger partial charge on any atom is -0.465 e. The van der Waals surface area contributed by atoms with Crippen molar-refractivity contribution < 1.29 is 19.1 Å². The molecule has 1 N–H and O–H groups in total. The van der Waals surface area contributed by atoms with E-state index >= 15 is 0 Å². The number of carboxylic acid groups (broad SMARTS) is 1. The van der Waals surface area contributed by atoms with E-state index < -0.39 is 17.7 Å². The highest BCUT2D eigenvalue weighted by molar-refractivity contribution is 5.86. The lowest BCUT2D eigenvalue weighted by Gasteiger charge is -2.49. The largest absolute Gasteiger partial charge is 0.465 e. The third-order valence-electron chi connectivity index (χ3n) is 8.79. The van der Waals surface area contributed by atoms with Gasteiger partial charge in [0, 0.05) is 30.9 Å². The van der Waals surface area contributed by atoms with Gasteiger partial charge in [0.25, 0.3) is 0 Å². The number of piperazine rings is 1. The molecule has 1 aromatic carbocycles. The third kappa shape index (κ3) is 5.98. The van der Waals surface area contributed by atoms with E-state index in [1.54, 1.807) is 12.1 Å². The number of halogens is 1. The van der Waals surface area contributed by atoms with Gasteiger partial charge < -0.3 is 10.0 Å². The van der Waals surface area contributed by atoms with Crippen LogP contribution < -0.4 is 0 Å². The second-order valence-corrected chi connectivity index (χ2v) is 12.5. The summed E-state index contributed by atoms with van der Waals surface area (Å²) in [5, 5.41) is 15.2. The third-order valence-corrected chi connectivity index (χ3v) is 8.79. The Labute approximate surface area is 230 Å². The van der Waals surface area contributed by atoms with Gasteiger partial charge in [0.05, 0.1) is 18.3 Å². The lowest BCUT2D eigenvalue weighted by atomic mass is 9.81. The zero-order chi connectivity index (χ0) is 27.7. The molecule has 2 amide bonds. The van der Waals surface area contributed by atoms with Gasteiger partial charge >= 0.3 is 6.09 Å². The predicted molar refractivity (Wildman–Crippen MR) is 147 cm³/mol. The topological polar surface area (TPSA) is 81.9 Å². The smallest absolute Gasteiger partial charge is 0.408 e. The molecular formula is C30H42FN5O3. The molecule has 39 heavy (non-hydrogen) atoms. The van der Waals surface area contributed by atoms with Crippen LogP contribution in [-0.2, 0) is 11.3 Å². The summed E-state index contributed by atoms with van der Waals surface area (Å²) in [7, 11) is 0. The molecule has 2 saturated heterocycles. The number of benzene rings is 1. The highest BCUT2D eigenvalue weighted by Gasteiger charge is 2.48. The highest BCUT2D eigenvalue weighted by Crippen LogP contribution is 2.38. The van der Waals surface area contributed by atoms with Gasteiger partial charge in [-0.05, 0) is 82.7 Å². The Morgan fingerprint density at radius 3 is 2.44 bits per heavy atom. The van der Waals surface area contributed by atoms with E-state index in [0.717, 1.165) is 62.7 Å². The zero-order valence-corrected chi connectivity index (χ0v) is 23.4. The molecule has 8 nitrogen and oxygen atoms in total. The molecule has 212 valence electrons. The van der Waals surface area contributed by atoms with Gasteiger partial charge in [-0.15, -0.1) is 0 Å². The fourth-order valence-electron chi connectivity index (χ4n) is 6.90. The summed E-state index contributed by atoms with van der Waals surface area (Å²) >= 11 is 0. The van der Waals surface area contributed by atoms with E-state index in [4.69, 9.17) is 5.10 Å². The number of amides is 2. The van der Waals surface area contributed by atoms with Crippen molar-refractivity contribution >= 4 is 12.0 Å². The maximum atomic E-state index is 14.6. The summed E-state index contributed by atoms with van der Waals surface area (Å²) in [6, 6.07) is 7.72. The fraction of sp³-hybridized carbons (Fsp3) is 0.633. The van der Waals surface area contributed by atoms with Crippen LogP contribution in [0.4, 0.5) is 9.18 Å². The normalized spacial score (nSPS) is 23.4. The first-order chi connectivity index (χ1) is 18.6. The predicted octanol–water partition coefficient (Wildman–Crippen LogP) is 5.15. The van der Waals surface area contributed by atoms with Crippen LogP contribution in [0.2, 0.25) is 0 Å². The summed E-state index contributed by atoms with van der Waals surface area (Å²) in [5.74, 6) is -0.335. The van der Waals surface area contributed by atoms with Crippen molar-refractivity contribution in [3.63, 3.8) is 0 Å². The molecule has 5 rings (SSSR count). The van der Waals surface area contributed by atoms with Gasteiger partial charge in [0.2, 0.25) is 5.91 Å². The van der Waals surface area contributed by atoms with Crippen LogP contribution in [0.25, 0.3) is 0 Å². The van der Waals surface area contributed by atoms with Gasteiger partial charge in [0.1, 0.15) is 11.9 Å². The first kappa shape index (κ1) is 27.6. The lowest BCUT2D eigenvalue weighted by Crippen LogP contribution is -2.63. The molecule has 3 fully saturated rings. The number of hydrogen-bond donors (Lipinski definition) is 1. The molecule has 3 heterocycles. The van der Waals surface area contributed by atoms with Crippen molar-refractivity contribution in [1.29, 1.82) is 0 Å². The van der Waals surface area contributed by atoms with Crippen molar-refractivity contribution in [2.75, 3.05) is 19.6 Å². The minimum absolute atomic E-state index is 0.0138. The Kier molecular flexibility index (Phi) is 7.99. The Morgan fingerprint density at radius 2 is 1.77 bits per heavy atom. The molecule has 3 atom stereocenters. The number of carbonyl (C=O) groups excluding carboxylic acids is 1. The SMILES string of the molecule is CC(C)(C)N(C(=O)O)[C@H](C(=O)N1C[C@H]2CCCN2C[C@H]1c1ccn(Cc2ccc(F)cc2)n1)C1CCCCC1. The Hall–Kier alpha value is -2.94. The van der Waals surface area contributed by atoms with E-state index in [9.17, 15) is 19.1 Å². The van der Waals surface area contributed by atoms with Crippen LogP contribution in [0.5, 0.6) is 0 Å². The van der Waals surface area contributed by atoms with E-state index in [1.807, 2.05) is 42.6 Å². The van der Waals surface area contributed by atoms with Crippen LogP contribution in [0, 0.1) is 11.7 Å². The summed E-state index contributed by atoms with van der Waals surface area (Å²) < 4.78 is 15.2. The second-order valence-electron chi connectivity index (χ2n) is 12.5. The highest BCUT2D eigenvalue weighted by atomic mass is 19.1. The van der Waals surface area contributed by atoms with Crippen molar-refractivity contribution in [2.45, 2.75) is 95.9 Å². The summed E-state index contributed by atoms with van der Waals surface area (Å²) in [4.78, 5) is 33.1. The molecule has 3 aliphatic rings. The Bertz CT molecular complexity index is 1150. The first-order valence-corrected chi connectivity index (χ1v) is 14.5. The van der Waals surface area contributed by atoms with E-state index in [1.165, 1.54) is 17.0 Å². The van der Waals surface area contributed by atoms with E-state index in [-0.39, 0.29) is 23.7 Å². The van der Waals surface area contributed by atoms with Crippen LogP contribution in [0.3, 0.4) is 0 Å². The number of rotatable bonds is 6. The molecule has 9 heteroatoms. The molecular weight excluding hydrogens is 497 g/mol. The average Bonchev–Trinajstić information content (AvgIpc) is 3.56. The Balaban J connectivity index is 1.47. The first-order valence-electron chi connectivity index (χ1n) is 14.5. The summed E-state index contributed by atoms with van der Waals surface area (Å²) in [6.07, 6.45) is 7.96. The van der Waals surface area contributed by atoms with E-state index in [2.05, 4.69) is 4.90 Å². The molecule has 0 radical (unpaired) electrons. The molecule has 2 aromatic rings. The molecule has 0 bridgehead atoms. The minimum atomic E-state index is -1.04. The Morgan fingerprint density at radius 1 is 1.05 bits per heavy atom. The van der Waals surface area contributed by atoms with Crippen LogP contribution >= 0.6 is 0 Å². The number of nitrogens with zero attached hydrogens (tertiary/aromatic N) is 5. The summed E-state index contributed by atoms with van der Waals surface area (Å²) in [6.45, 7) is 8.46. The zero-order valence-electron chi connectivity index (χ0n) is 23.4. The van der Waals surface area contributed by atoms with Crippen molar-refractivity contribution in [2.24, 2.45) is 5.92 Å². The molecule has 1 saturated carbocycles. The molecule has 0 spiro atoms. The summed E-state index contributed by atoms with van der Waals surface area (Å²) in [5.41, 5.74) is 1.06. The number of carbonyl (C=O) groups is 2. The van der Waals surface area contributed by atoms with Crippen LogP contribution in [0.1, 0.15) is 83.0 Å². The van der Waals surface area contributed by atoms with Gasteiger partial charge in [0.15, 0.2) is 0 Å². The second kappa shape index (κ2) is 11.3. The van der Waals surface area contributed by atoms with Crippen molar-refractivity contribution in [1.82, 2.24) is 24.5 Å². The monoisotopic (exact) mass is 539 g/mol. The molecule has 1 aromatic heterocycles. The van der Waals surface area contributed by atoms with Crippen LogP contribution in [-0.4, -0.2) is 78.8 Å². The molecule has 1 aliphatic carbocycles. The quantitative estimate of drug-likeness (QED) is 0.549. The van der Waals surface area contributed by atoms with E-state index in [0.29, 0.717) is 25.7 Å².